The van der Waals surface area contributed by atoms with Gasteiger partial charge in [-0.1, -0.05) is 18.8 Å². The summed E-state index contributed by atoms with van der Waals surface area (Å²) in [5.41, 5.74) is 0.629. The minimum absolute atomic E-state index is 0.0738. The monoisotopic (exact) mass is 293 g/mol. The third kappa shape index (κ3) is 5.54. The Kier molecular flexibility index (Phi) is 7.44. The molecule has 0 fully saturated rings. The van der Waals surface area contributed by atoms with Gasteiger partial charge in [-0.3, -0.25) is 4.79 Å². The molecule has 0 saturated heterocycles. The van der Waals surface area contributed by atoms with Gasteiger partial charge in [0.1, 0.15) is 5.82 Å². The van der Waals surface area contributed by atoms with E-state index in [1.54, 1.807) is 7.11 Å². The van der Waals surface area contributed by atoms with Crippen LogP contribution in [0.4, 0.5) is 4.39 Å². The number of ether oxygens (including phenoxy) is 1. The molecule has 4 nitrogen and oxygen atoms in total. The molecule has 1 aromatic carbocycles. The van der Waals surface area contributed by atoms with Crippen molar-refractivity contribution in [2.75, 3.05) is 20.3 Å². The van der Waals surface area contributed by atoms with Crippen LogP contribution in [0.25, 0.3) is 0 Å². The summed E-state index contributed by atoms with van der Waals surface area (Å²) in [5, 5.41) is 11.5. The molecule has 5 heteroatoms. The molecule has 0 aliphatic carbocycles. The maximum Gasteiger partial charge on any atom is 0.252 e. The minimum atomic E-state index is -0.455. The van der Waals surface area contributed by atoms with E-state index in [0.29, 0.717) is 17.7 Å². The first-order valence-corrected chi connectivity index (χ1v) is 6.81. The van der Waals surface area contributed by atoms with Crippen LogP contribution in [0, 0.1) is 17.7 Å². The summed E-state index contributed by atoms with van der Waals surface area (Å²) >= 11 is 0. The average molecular weight is 293 g/mol. The molecule has 1 unspecified atom stereocenters. The number of methoxy groups -OCH3 is 1. The van der Waals surface area contributed by atoms with Crippen molar-refractivity contribution in [3.8, 4) is 11.8 Å². The van der Waals surface area contributed by atoms with Gasteiger partial charge in [0.05, 0.1) is 24.8 Å². The minimum Gasteiger partial charge on any atom is -0.395 e. The van der Waals surface area contributed by atoms with Gasteiger partial charge in [0.25, 0.3) is 5.91 Å². The number of aliphatic hydroxyl groups excluding tert-OH is 1. The number of carbonyl (C=O) groups excluding carboxylic acids is 1. The van der Waals surface area contributed by atoms with Gasteiger partial charge < -0.3 is 15.2 Å². The van der Waals surface area contributed by atoms with Gasteiger partial charge in [-0.05, 0) is 24.6 Å². The molecule has 0 heterocycles. The SMILES string of the molecule is CCC(COC)NC(=O)c1ccc(F)cc1C#CCCO. The first-order valence-electron chi connectivity index (χ1n) is 6.81. The van der Waals surface area contributed by atoms with Crippen LogP contribution in [0.15, 0.2) is 18.2 Å². The number of hydrogen-bond donors (Lipinski definition) is 2. The largest absolute Gasteiger partial charge is 0.395 e. The van der Waals surface area contributed by atoms with Gasteiger partial charge in [-0.15, -0.1) is 0 Å². The molecular formula is C16H20FNO3. The maximum atomic E-state index is 13.3. The second-order valence-corrected chi connectivity index (χ2v) is 4.50. The Morgan fingerprint density at radius 2 is 2.29 bits per heavy atom. The summed E-state index contributed by atoms with van der Waals surface area (Å²) < 4.78 is 18.3. The van der Waals surface area contributed by atoms with E-state index in [9.17, 15) is 9.18 Å². The zero-order chi connectivity index (χ0) is 15.7. The van der Waals surface area contributed by atoms with Gasteiger partial charge in [-0.2, -0.15) is 0 Å². The fourth-order valence-electron chi connectivity index (χ4n) is 1.76. The highest BCUT2D eigenvalue weighted by Gasteiger charge is 2.15. The van der Waals surface area contributed by atoms with Crippen LogP contribution in [-0.2, 0) is 4.74 Å². The molecule has 0 saturated carbocycles. The van der Waals surface area contributed by atoms with Crippen molar-refractivity contribution in [3.05, 3.63) is 35.1 Å². The van der Waals surface area contributed by atoms with E-state index in [-0.39, 0.29) is 25.0 Å². The Balaban J connectivity index is 2.95. The van der Waals surface area contributed by atoms with E-state index in [1.807, 2.05) is 6.92 Å². The number of hydrogen-bond acceptors (Lipinski definition) is 3. The molecular weight excluding hydrogens is 273 g/mol. The van der Waals surface area contributed by atoms with Crippen LogP contribution in [-0.4, -0.2) is 37.4 Å². The smallest absolute Gasteiger partial charge is 0.252 e. The van der Waals surface area contributed by atoms with E-state index >= 15 is 0 Å². The molecule has 0 aliphatic heterocycles. The van der Waals surface area contributed by atoms with E-state index < -0.39 is 5.82 Å². The Bertz CT molecular complexity index is 534. The van der Waals surface area contributed by atoms with Crippen LogP contribution < -0.4 is 5.32 Å². The number of carbonyl (C=O) groups is 1. The van der Waals surface area contributed by atoms with Crippen molar-refractivity contribution >= 4 is 5.91 Å². The molecule has 0 aliphatic rings. The molecule has 1 aromatic rings. The van der Waals surface area contributed by atoms with Gasteiger partial charge in [0, 0.05) is 19.1 Å². The van der Waals surface area contributed by atoms with Crippen LogP contribution in [0.1, 0.15) is 35.7 Å². The molecule has 1 amide bonds. The summed E-state index contributed by atoms with van der Waals surface area (Å²) in [6.07, 6.45) is 1.01. The molecule has 0 aromatic heterocycles. The summed E-state index contributed by atoms with van der Waals surface area (Å²) in [6.45, 7) is 2.28. The summed E-state index contributed by atoms with van der Waals surface area (Å²) in [6, 6.07) is 3.75. The predicted molar refractivity (Wildman–Crippen MR) is 78.4 cm³/mol. The number of nitrogens with one attached hydrogen (secondary N) is 1. The van der Waals surface area contributed by atoms with E-state index in [2.05, 4.69) is 17.2 Å². The summed E-state index contributed by atoms with van der Waals surface area (Å²) in [7, 11) is 1.57. The Morgan fingerprint density at radius 1 is 1.52 bits per heavy atom. The van der Waals surface area contributed by atoms with E-state index in [1.165, 1.54) is 18.2 Å². The molecule has 0 radical (unpaired) electrons. The van der Waals surface area contributed by atoms with Crippen LogP contribution in [0.3, 0.4) is 0 Å². The highest BCUT2D eigenvalue weighted by atomic mass is 19.1. The maximum absolute atomic E-state index is 13.3. The normalized spacial score (nSPS) is 11.4. The Morgan fingerprint density at radius 3 is 2.90 bits per heavy atom. The number of halogens is 1. The number of benzene rings is 1. The number of aliphatic hydroxyl groups is 1. The Labute approximate surface area is 124 Å². The Hall–Kier alpha value is -1.90. The molecule has 21 heavy (non-hydrogen) atoms. The lowest BCUT2D eigenvalue weighted by atomic mass is 10.1. The number of amides is 1. The summed E-state index contributed by atoms with van der Waals surface area (Å²) in [5.74, 6) is 4.64. The second kappa shape index (κ2) is 9.11. The molecule has 1 rings (SSSR count). The molecule has 0 bridgehead atoms. The second-order valence-electron chi connectivity index (χ2n) is 4.50. The fourth-order valence-corrected chi connectivity index (χ4v) is 1.76. The lowest BCUT2D eigenvalue weighted by Gasteiger charge is -2.16. The van der Waals surface area contributed by atoms with Crippen molar-refractivity contribution in [2.24, 2.45) is 0 Å². The highest BCUT2D eigenvalue weighted by molar-refractivity contribution is 5.96. The molecule has 1 atom stereocenters. The van der Waals surface area contributed by atoms with Crippen molar-refractivity contribution in [1.29, 1.82) is 0 Å². The van der Waals surface area contributed by atoms with Crippen LogP contribution >= 0.6 is 0 Å². The zero-order valence-electron chi connectivity index (χ0n) is 12.3. The van der Waals surface area contributed by atoms with Crippen molar-refractivity contribution in [3.63, 3.8) is 0 Å². The van der Waals surface area contributed by atoms with Crippen molar-refractivity contribution in [2.45, 2.75) is 25.8 Å². The first kappa shape index (κ1) is 17.2. The van der Waals surface area contributed by atoms with Crippen LogP contribution in [0.5, 0.6) is 0 Å². The van der Waals surface area contributed by atoms with Crippen molar-refractivity contribution in [1.82, 2.24) is 5.32 Å². The fraction of sp³-hybridized carbons (Fsp3) is 0.438. The summed E-state index contributed by atoms with van der Waals surface area (Å²) in [4.78, 5) is 12.2. The third-order valence-electron chi connectivity index (χ3n) is 2.88. The standard InChI is InChI=1S/C16H20FNO3/c1-3-14(11-21-2)18-16(20)15-8-7-13(17)10-12(15)6-4-5-9-19/h7-8,10,14,19H,3,5,9,11H2,1-2H3,(H,18,20). The quantitative estimate of drug-likeness (QED) is 0.785. The van der Waals surface area contributed by atoms with E-state index in [0.717, 1.165) is 6.42 Å². The van der Waals surface area contributed by atoms with E-state index in [4.69, 9.17) is 9.84 Å². The zero-order valence-corrected chi connectivity index (χ0v) is 12.3. The highest BCUT2D eigenvalue weighted by Crippen LogP contribution is 2.11. The third-order valence-corrected chi connectivity index (χ3v) is 2.88. The predicted octanol–water partition coefficient (Wildman–Crippen LogP) is 1.71. The van der Waals surface area contributed by atoms with Gasteiger partial charge >= 0.3 is 0 Å². The van der Waals surface area contributed by atoms with Gasteiger partial charge in [0.15, 0.2) is 0 Å². The number of rotatable bonds is 6. The molecule has 114 valence electrons. The first-order chi connectivity index (χ1) is 10.1. The van der Waals surface area contributed by atoms with Gasteiger partial charge in [-0.25, -0.2) is 4.39 Å². The van der Waals surface area contributed by atoms with Gasteiger partial charge in [0.2, 0.25) is 0 Å². The lowest BCUT2D eigenvalue weighted by molar-refractivity contribution is 0.0894. The van der Waals surface area contributed by atoms with Crippen LogP contribution in [0.2, 0.25) is 0 Å². The topological polar surface area (TPSA) is 58.6 Å². The average Bonchev–Trinajstić information content (AvgIpc) is 2.47. The lowest BCUT2D eigenvalue weighted by Crippen LogP contribution is -2.37. The molecule has 2 N–H and O–H groups in total. The molecule has 0 spiro atoms. The van der Waals surface area contributed by atoms with Crippen molar-refractivity contribution < 1.29 is 19.0 Å².